The number of benzene rings is 2. The van der Waals surface area contributed by atoms with Gasteiger partial charge in [0.15, 0.2) is 11.5 Å². The number of H-pyrrole nitrogens is 1. The maximum atomic E-state index is 14.4. The number of hydrogen-bond acceptors (Lipinski definition) is 6. The fourth-order valence-corrected chi connectivity index (χ4v) is 3.08. The Hall–Kier alpha value is -2.73. The molecular weight excluding hydrogens is 427 g/mol. The van der Waals surface area contributed by atoms with E-state index in [0.29, 0.717) is 33.5 Å². The van der Waals surface area contributed by atoms with Crippen LogP contribution >= 0.6 is 12.4 Å². The van der Waals surface area contributed by atoms with Crippen LogP contribution in [-0.4, -0.2) is 32.8 Å². The van der Waals surface area contributed by atoms with Gasteiger partial charge in [-0.1, -0.05) is 12.1 Å². The topological polar surface area (TPSA) is 136 Å². The van der Waals surface area contributed by atoms with E-state index in [0.717, 1.165) is 0 Å². The molecule has 4 N–H and O–H groups in total. The summed E-state index contributed by atoms with van der Waals surface area (Å²) in [7, 11) is -1.04. The standard InChI is InChI=1S/C17H17FN4O5S.ClH/c1-26-14-6-11-12(7-15(14)27-2)17(23)22-21-16(11)9-3-4-10(13(18)5-9)8-20-28(19,24)25;/h3-7,20H,8H2,1-2H3,(H,22,23)(H2,19,24,25);1H. The number of fused-ring (bicyclic) bond motifs is 1. The second-order valence-electron chi connectivity index (χ2n) is 5.83. The molecule has 0 aliphatic heterocycles. The van der Waals surface area contributed by atoms with E-state index in [9.17, 15) is 17.6 Å². The molecule has 0 fully saturated rings. The van der Waals surface area contributed by atoms with Crippen molar-refractivity contribution in [1.29, 1.82) is 0 Å². The van der Waals surface area contributed by atoms with E-state index in [1.54, 1.807) is 12.1 Å². The first kappa shape index (κ1) is 22.6. The summed E-state index contributed by atoms with van der Waals surface area (Å²) in [4.78, 5) is 12.2. The van der Waals surface area contributed by atoms with E-state index < -0.39 is 21.6 Å². The minimum atomic E-state index is -3.94. The molecule has 156 valence electrons. The van der Waals surface area contributed by atoms with Gasteiger partial charge in [-0.2, -0.15) is 18.2 Å². The summed E-state index contributed by atoms with van der Waals surface area (Å²) in [5.74, 6) is 0.0987. The maximum absolute atomic E-state index is 14.4. The lowest BCUT2D eigenvalue weighted by Crippen LogP contribution is -2.30. The molecule has 1 aromatic heterocycles. The van der Waals surface area contributed by atoms with E-state index in [2.05, 4.69) is 10.2 Å². The van der Waals surface area contributed by atoms with Crippen molar-refractivity contribution in [2.45, 2.75) is 6.54 Å². The number of aromatic nitrogens is 2. The Bertz CT molecular complexity index is 1220. The zero-order chi connectivity index (χ0) is 20.5. The van der Waals surface area contributed by atoms with E-state index in [1.165, 1.54) is 32.4 Å². The molecule has 29 heavy (non-hydrogen) atoms. The van der Waals surface area contributed by atoms with Gasteiger partial charge in [-0.05, 0) is 18.2 Å². The second-order valence-corrected chi connectivity index (χ2v) is 7.21. The predicted octanol–water partition coefficient (Wildman–Crippen LogP) is 1.46. The van der Waals surface area contributed by atoms with Gasteiger partial charge in [-0.3, -0.25) is 4.79 Å². The van der Waals surface area contributed by atoms with Crippen LogP contribution in [-0.2, 0) is 16.8 Å². The molecule has 0 amide bonds. The third-order valence-electron chi connectivity index (χ3n) is 4.08. The number of hydrogen-bond donors (Lipinski definition) is 3. The van der Waals surface area contributed by atoms with Gasteiger partial charge >= 0.3 is 0 Å². The normalized spacial score (nSPS) is 11.2. The smallest absolute Gasteiger partial charge is 0.274 e. The first-order valence-electron chi connectivity index (χ1n) is 7.94. The van der Waals surface area contributed by atoms with Gasteiger partial charge < -0.3 is 9.47 Å². The molecule has 0 bridgehead atoms. The highest BCUT2D eigenvalue weighted by atomic mass is 35.5. The number of nitrogens with two attached hydrogens (primary N) is 1. The Morgan fingerprint density at radius 2 is 1.76 bits per heavy atom. The zero-order valence-electron chi connectivity index (χ0n) is 15.4. The van der Waals surface area contributed by atoms with Gasteiger partial charge in [0, 0.05) is 23.1 Å². The molecule has 3 aromatic rings. The summed E-state index contributed by atoms with van der Waals surface area (Å²) in [5.41, 5.74) is 0.366. The van der Waals surface area contributed by atoms with Crippen molar-refractivity contribution < 1.29 is 22.3 Å². The fourth-order valence-electron chi connectivity index (χ4n) is 2.73. The molecule has 0 aliphatic rings. The first-order valence-corrected chi connectivity index (χ1v) is 9.48. The highest BCUT2D eigenvalue weighted by Crippen LogP contribution is 2.34. The summed E-state index contributed by atoms with van der Waals surface area (Å²) in [6.07, 6.45) is 0. The van der Waals surface area contributed by atoms with Gasteiger partial charge in [0.25, 0.3) is 15.8 Å². The van der Waals surface area contributed by atoms with Gasteiger partial charge in [0.05, 0.1) is 25.3 Å². The van der Waals surface area contributed by atoms with Crippen molar-refractivity contribution in [3.05, 3.63) is 52.1 Å². The van der Waals surface area contributed by atoms with Crippen LogP contribution < -0.4 is 24.9 Å². The molecule has 0 aliphatic carbocycles. The zero-order valence-corrected chi connectivity index (χ0v) is 17.0. The highest BCUT2D eigenvalue weighted by Gasteiger charge is 2.15. The Morgan fingerprint density at radius 3 is 2.31 bits per heavy atom. The molecule has 3 rings (SSSR count). The van der Waals surface area contributed by atoms with E-state index in [-0.39, 0.29) is 24.5 Å². The average molecular weight is 445 g/mol. The minimum absolute atomic E-state index is 0. The maximum Gasteiger partial charge on any atom is 0.274 e. The van der Waals surface area contributed by atoms with Crippen molar-refractivity contribution in [2.75, 3.05) is 14.2 Å². The van der Waals surface area contributed by atoms with Crippen LogP contribution in [0.2, 0.25) is 0 Å². The van der Waals surface area contributed by atoms with Gasteiger partial charge in [-0.25, -0.2) is 14.6 Å². The molecule has 0 atom stereocenters. The van der Waals surface area contributed by atoms with Crippen LogP contribution in [0.5, 0.6) is 11.5 Å². The minimum Gasteiger partial charge on any atom is -0.493 e. The van der Waals surface area contributed by atoms with E-state index in [4.69, 9.17) is 14.6 Å². The first-order chi connectivity index (χ1) is 13.2. The Balaban J connectivity index is 0.00000300. The summed E-state index contributed by atoms with van der Waals surface area (Å²) in [6.45, 7) is -0.296. The molecule has 9 nitrogen and oxygen atoms in total. The third kappa shape index (κ3) is 4.82. The number of rotatable bonds is 6. The van der Waals surface area contributed by atoms with Crippen LogP contribution in [0.4, 0.5) is 4.39 Å². The number of aromatic amines is 1. The predicted molar refractivity (Wildman–Crippen MR) is 108 cm³/mol. The lowest BCUT2D eigenvalue weighted by Gasteiger charge is -2.12. The van der Waals surface area contributed by atoms with Crippen molar-refractivity contribution >= 4 is 33.4 Å². The van der Waals surface area contributed by atoms with Gasteiger partial charge in [0.2, 0.25) is 0 Å². The number of ether oxygens (including phenoxy) is 2. The number of nitrogens with one attached hydrogen (secondary N) is 2. The van der Waals surface area contributed by atoms with Crippen LogP contribution in [0, 0.1) is 5.82 Å². The summed E-state index contributed by atoms with van der Waals surface area (Å²) < 4.78 is 48.9. The van der Waals surface area contributed by atoms with Gasteiger partial charge in [-0.15, -0.1) is 12.4 Å². The summed E-state index contributed by atoms with van der Waals surface area (Å²) >= 11 is 0. The summed E-state index contributed by atoms with van der Waals surface area (Å²) in [6, 6.07) is 7.25. The summed E-state index contributed by atoms with van der Waals surface area (Å²) in [5, 5.41) is 12.0. The quantitative estimate of drug-likeness (QED) is 0.526. The second kappa shape index (κ2) is 8.74. The van der Waals surface area contributed by atoms with Crippen molar-refractivity contribution in [1.82, 2.24) is 14.9 Å². The molecule has 0 saturated heterocycles. The van der Waals surface area contributed by atoms with Crippen LogP contribution in [0.3, 0.4) is 0 Å². The molecular formula is C17H18ClFN4O5S. The van der Waals surface area contributed by atoms with E-state index >= 15 is 0 Å². The third-order valence-corrected chi connectivity index (χ3v) is 4.63. The van der Waals surface area contributed by atoms with Crippen molar-refractivity contribution in [3.63, 3.8) is 0 Å². The SMILES string of the molecule is COc1cc2c(-c3ccc(CNS(N)(=O)=O)c(F)c3)n[nH]c(=O)c2cc1OC.Cl. The lowest BCUT2D eigenvalue weighted by atomic mass is 10.0. The molecule has 2 aromatic carbocycles. The average Bonchev–Trinajstić information content (AvgIpc) is 2.65. The molecule has 0 spiro atoms. The highest BCUT2D eigenvalue weighted by molar-refractivity contribution is 7.87. The van der Waals surface area contributed by atoms with Crippen LogP contribution in [0.1, 0.15) is 5.56 Å². The number of methoxy groups -OCH3 is 2. The van der Waals surface area contributed by atoms with Crippen LogP contribution in [0.25, 0.3) is 22.0 Å². The molecule has 0 saturated carbocycles. The molecule has 0 radical (unpaired) electrons. The van der Waals surface area contributed by atoms with E-state index in [1.807, 2.05) is 4.72 Å². The van der Waals surface area contributed by atoms with Crippen LogP contribution in [0.15, 0.2) is 35.1 Å². The van der Waals surface area contributed by atoms with Gasteiger partial charge in [0.1, 0.15) is 5.82 Å². The molecule has 0 unspecified atom stereocenters. The van der Waals surface area contributed by atoms with Crippen molar-refractivity contribution in [3.8, 4) is 22.8 Å². The molecule has 12 heteroatoms. The Labute approximate surface area is 171 Å². The monoisotopic (exact) mass is 444 g/mol. The van der Waals surface area contributed by atoms with Crippen molar-refractivity contribution in [2.24, 2.45) is 5.14 Å². The largest absolute Gasteiger partial charge is 0.493 e. The number of nitrogens with zero attached hydrogens (tertiary/aromatic N) is 1. The number of halogens is 2. The lowest BCUT2D eigenvalue weighted by molar-refractivity contribution is 0.356. The fraction of sp³-hybridized carbons (Fsp3) is 0.176. The molecule has 1 heterocycles. The Kier molecular flexibility index (Phi) is 6.80. The Morgan fingerprint density at radius 1 is 1.14 bits per heavy atom.